The maximum absolute atomic E-state index is 13.0. The molecular formula is C16H23Cl3N2OS. The molecule has 0 saturated carbocycles. The van der Waals surface area contributed by atoms with Crippen molar-refractivity contribution in [3.8, 4) is 0 Å². The second kappa shape index (κ2) is 10.00. The van der Waals surface area contributed by atoms with Gasteiger partial charge in [0.1, 0.15) is 0 Å². The van der Waals surface area contributed by atoms with E-state index in [0.717, 1.165) is 43.8 Å². The lowest BCUT2D eigenvalue weighted by Crippen LogP contribution is -2.46. The molecule has 1 fully saturated rings. The molecule has 1 N–H and O–H groups in total. The first-order chi connectivity index (χ1) is 10.6. The lowest BCUT2D eigenvalue weighted by Gasteiger charge is -2.35. The third-order valence-electron chi connectivity index (χ3n) is 3.95. The summed E-state index contributed by atoms with van der Waals surface area (Å²) >= 11 is 14.0. The Balaban J connectivity index is 0.00000264. The fourth-order valence-electron chi connectivity index (χ4n) is 2.81. The van der Waals surface area contributed by atoms with Crippen molar-refractivity contribution in [3.05, 3.63) is 27.7 Å². The summed E-state index contributed by atoms with van der Waals surface area (Å²) < 4.78 is 0. The lowest BCUT2D eigenvalue weighted by atomic mass is 10.0. The summed E-state index contributed by atoms with van der Waals surface area (Å²) in [6.07, 6.45) is 4.87. The zero-order valence-electron chi connectivity index (χ0n) is 13.4. The molecule has 0 aliphatic carbocycles. The number of piperidine rings is 1. The fourth-order valence-corrected chi connectivity index (χ4v) is 4.00. The second-order valence-electron chi connectivity index (χ2n) is 5.45. The molecule has 0 unspecified atom stereocenters. The Hall–Kier alpha value is -0.130. The van der Waals surface area contributed by atoms with Gasteiger partial charge in [-0.05, 0) is 50.7 Å². The fraction of sp³-hybridized carbons (Fsp3) is 0.562. The minimum atomic E-state index is 0. The van der Waals surface area contributed by atoms with Gasteiger partial charge in [-0.2, -0.15) is 0 Å². The van der Waals surface area contributed by atoms with Gasteiger partial charge in [-0.3, -0.25) is 4.79 Å². The summed E-state index contributed by atoms with van der Waals surface area (Å²) in [7, 11) is 0. The van der Waals surface area contributed by atoms with E-state index < -0.39 is 0 Å². The average Bonchev–Trinajstić information content (AvgIpc) is 2.53. The number of thioether (sulfide) groups is 1. The first-order valence-corrected chi connectivity index (χ1v) is 9.61. The normalized spacial score (nSPS) is 15.1. The first-order valence-electron chi connectivity index (χ1n) is 7.63. The second-order valence-corrected chi connectivity index (χ2v) is 7.11. The SMILES string of the molecule is CCCN(C(=O)c1cc(SC)c(Cl)cc1Cl)C1CCNCC1.Cl. The van der Waals surface area contributed by atoms with Crippen molar-refractivity contribution in [1.82, 2.24) is 10.2 Å². The minimum absolute atomic E-state index is 0. The summed E-state index contributed by atoms with van der Waals surface area (Å²) in [5.41, 5.74) is 0.558. The predicted octanol–water partition coefficient (Wildman–Crippen LogP) is 4.74. The van der Waals surface area contributed by atoms with Crippen molar-refractivity contribution in [2.45, 2.75) is 37.1 Å². The Morgan fingerprint density at radius 2 is 1.96 bits per heavy atom. The van der Waals surface area contributed by atoms with E-state index in [1.807, 2.05) is 17.2 Å². The van der Waals surface area contributed by atoms with E-state index in [1.54, 1.807) is 6.07 Å². The van der Waals surface area contributed by atoms with Crippen LogP contribution in [0.1, 0.15) is 36.5 Å². The zero-order chi connectivity index (χ0) is 16.1. The van der Waals surface area contributed by atoms with Crippen LogP contribution in [0.2, 0.25) is 10.0 Å². The van der Waals surface area contributed by atoms with Crippen molar-refractivity contribution >= 4 is 53.3 Å². The van der Waals surface area contributed by atoms with E-state index in [4.69, 9.17) is 23.2 Å². The highest BCUT2D eigenvalue weighted by Crippen LogP contribution is 2.32. The van der Waals surface area contributed by atoms with Crippen LogP contribution in [0.3, 0.4) is 0 Å². The zero-order valence-corrected chi connectivity index (χ0v) is 16.5. The van der Waals surface area contributed by atoms with Crippen molar-refractivity contribution in [3.63, 3.8) is 0 Å². The number of carbonyl (C=O) groups is 1. The quantitative estimate of drug-likeness (QED) is 0.728. The van der Waals surface area contributed by atoms with Crippen LogP contribution in [0.5, 0.6) is 0 Å². The maximum Gasteiger partial charge on any atom is 0.255 e. The molecule has 130 valence electrons. The minimum Gasteiger partial charge on any atom is -0.336 e. The van der Waals surface area contributed by atoms with Crippen molar-refractivity contribution < 1.29 is 4.79 Å². The van der Waals surface area contributed by atoms with Gasteiger partial charge in [0.15, 0.2) is 0 Å². The standard InChI is InChI=1S/C16H22Cl2N2OS.ClH/c1-3-8-20(11-4-6-19-7-5-11)16(21)12-9-15(22-2)14(18)10-13(12)17;/h9-11,19H,3-8H2,1-2H3;1H. The Morgan fingerprint density at radius 1 is 1.30 bits per heavy atom. The molecule has 0 atom stereocenters. The number of nitrogens with one attached hydrogen (secondary N) is 1. The maximum atomic E-state index is 13.0. The van der Waals surface area contributed by atoms with Gasteiger partial charge in [-0.15, -0.1) is 24.2 Å². The molecule has 23 heavy (non-hydrogen) atoms. The van der Waals surface area contributed by atoms with Gasteiger partial charge in [0.2, 0.25) is 0 Å². The Labute approximate surface area is 158 Å². The van der Waals surface area contributed by atoms with Gasteiger partial charge in [0.05, 0.1) is 15.6 Å². The molecule has 0 aromatic heterocycles. The van der Waals surface area contributed by atoms with Gasteiger partial charge in [0.25, 0.3) is 5.91 Å². The molecule has 0 spiro atoms. The topological polar surface area (TPSA) is 32.3 Å². The monoisotopic (exact) mass is 396 g/mol. The van der Waals surface area contributed by atoms with E-state index in [9.17, 15) is 4.79 Å². The van der Waals surface area contributed by atoms with Gasteiger partial charge in [-0.25, -0.2) is 0 Å². The number of benzene rings is 1. The molecule has 1 aromatic rings. The first kappa shape index (κ1) is 20.9. The predicted molar refractivity (Wildman–Crippen MR) is 103 cm³/mol. The summed E-state index contributed by atoms with van der Waals surface area (Å²) in [6.45, 7) is 4.78. The number of hydrogen-bond donors (Lipinski definition) is 1. The van der Waals surface area contributed by atoms with Gasteiger partial charge in [-0.1, -0.05) is 30.1 Å². The third-order valence-corrected chi connectivity index (χ3v) is 5.46. The number of halogens is 3. The third kappa shape index (κ3) is 5.17. The van der Waals surface area contributed by atoms with E-state index >= 15 is 0 Å². The highest BCUT2D eigenvalue weighted by atomic mass is 35.5. The van der Waals surface area contributed by atoms with E-state index in [-0.39, 0.29) is 24.4 Å². The van der Waals surface area contributed by atoms with Crippen molar-refractivity contribution in [1.29, 1.82) is 0 Å². The van der Waals surface area contributed by atoms with Crippen molar-refractivity contribution in [2.24, 2.45) is 0 Å². The molecule has 0 radical (unpaired) electrons. The van der Waals surface area contributed by atoms with Crippen LogP contribution in [0.4, 0.5) is 0 Å². The molecule has 2 rings (SSSR count). The molecule has 1 aromatic carbocycles. The van der Waals surface area contributed by atoms with Crippen molar-refractivity contribution in [2.75, 3.05) is 25.9 Å². The van der Waals surface area contributed by atoms with Crippen LogP contribution in [0.15, 0.2) is 17.0 Å². The molecule has 7 heteroatoms. The number of carbonyl (C=O) groups excluding carboxylic acids is 1. The molecule has 1 aliphatic rings. The van der Waals surface area contributed by atoms with Crippen LogP contribution in [-0.4, -0.2) is 42.7 Å². The molecule has 3 nitrogen and oxygen atoms in total. The van der Waals surface area contributed by atoms with Gasteiger partial charge < -0.3 is 10.2 Å². The molecule has 0 bridgehead atoms. The Kier molecular flexibility index (Phi) is 9.09. The van der Waals surface area contributed by atoms with Gasteiger partial charge >= 0.3 is 0 Å². The molecule has 1 amide bonds. The van der Waals surface area contributed by atoms with Crippen LogP contribution in [-0.2, 0) is 0 Å². The Bertz CT molecular complexity index is 536. The number of amides is 1. The van der Waals surface area contributed by atoms with Crippen LogP contribution in [0.25, 0.3) is 0 Å². The highest BCUT2D eigenvalue weighted by Gasteiger charge is 2.27. The summed E-state index contributed by atoms with van der Waals surface area (Å²) in [5, 5.41) is 4.37. The average molecular weight is 398 g/mol. The smallest absolute Gasteiger partial charge is 0.255 e. The van der Waals surface area contributed by atoms with E-state index in [2.05, 4.69) is 12.2 Å². The number of hydrogen-bond acceptors (Lipinski definition) is 3. The van der Waals surface area contributed by atoms with Crippen LogP contribution in [0, 0.1) is 0 Å². The summed E-state index contributed by atoms with van der Waals surface area (Å²) in [4.78, 5) is 15.9. The highest BCUT2D eigenvalue weighted by molar-refractivity contribution is 7.98. The van der Waals surface area contributed by atoms with E-state index in [1.165, 1.54) is 11.8 Å². The summed E-state index contributed by atoms with van der Waals surface area (Å²) in [6, 6.07) is 3.79. The summed E-state index contributed by atoms with van der Waals surface area (Å²) in [5.74, 6) is 0.0192. The number of nitrogens with zero attached hydrogens (tertiary/aromatic N) is 1. The van der Waals surface area contributed by atoms with Gasteiger partial charge in [0, 0.05) is 17.5 Å². The molecular weight excluding hydrogens is 375 g/mol. The van der Waals surface area contributed by atoms with Crippen LogP contribution < -0.4 is 5.32 Å². The van der Waals surface area contributed by atoms with E-state index in [0.29, 0.717) is 15.6 Å². The van der Waals surface area contributed by atoms with Crippen LogP contribution >= 0.6 is 47.4 Å². The molecule has 1 aliphatic heterocycles. The largest absolute Gasteiger partial charge is 0.336 e. The number of rotatable bonds is 5. The molecule has 1 heterocycles. The lowest BCUT2D eigenvalue weighted by molar-refractivity contribution is 0.0642. The molecule has 1 saturated heterocycles. The Morgan fingerprint density at radius 3 is 2.52 bits per heavy atom.